The first kappa shape index (κ1) is 14.7. The minimum atomic E-state index is -0.496. The van der Waals surface area contributed by atoms with Crippen LogP contribution in [-0.4, -0.2) is 18.3 Å². The maximum atomic E-state index is 11.1. The van der Waals surface area contributed by atoms with Crippen LogP contribution in [-0.2, 0) is 4.74 Å². The van der Waals surface area contributed by atoms with Crippen molar-refractivity contribution in [2.24, 2.45) is 0 Å². The first-order valence-corrected chi connectivity index (χ1v) is 6.59. The molecule has 5 heteroatoms. The van der Waals surface area contributed by atoms with Gasteiger partial charge in [-0.05, 0) is 48.9 Å². The summed E-state index contributed by atoms with van der Waals surface area (Å²) in [5.74, 6) is 0.249. The molecule has 110 valence electrons. The fourth-order valence-corrected chi connectivity index (χ4v) is 1.95. The van der Waals surface area contributed by atoms with Gasteiger partial charge in [-0.25, -0.2) is 4.79 Å². The monoisotopic (exact) mass is 286 g/mol. The number of anilines is 2. The highest BCUT2D eigenvalue weighted by Gasteiger charge is 2.06. The molecule has 0 saturated heterocycles. The number of carbonyl (C=O) groups excluding carboxylic acids is 1. The molecule has 1 amide bonds. The van der Waals surface area contributed by atoms with Crippen LogP contribution in [0.25, 0.3) is 0 Å². The summed E-state index contributed by atoms with van der Waals surface area (Å²) < 4.78 is 4.53. The number of hydrogen-bond donors (Lipinski definition) is 3. The Morgan fingerprint density at radius 3 is 2.43 bits per heavy atom. The topological polar surface area (TPSA) is 70.6 Å². The molecule has 0 aliphatic heterocycles. The van der Waals surface area contributed by atoms with Crippen LogP contribution < -0.4 is 10.6 Å². The summed E-state index contributed by atoms with van der Waals surface area (Å²) in [6, 6.07) is 14.5. The summed E-state index contributed by atoms with van der Waals surface area (Å²) in [6.45, 7) is 2.01. The van der Waals surface area contributed by atoms with Crippen LogP contribution in [0, 0.1) is 0 Å². The molecule has 2 rings (SSSR count). The molecule has 0 fully saturated rings. The van der Waals surface area contributed by atoms with Gasteiger partial charge < -0.3 is 15.2 Å². The summed E-state index contributed by atoms with van der Waals surface area (Å²) in [6.07, 6.45) is -0.496. The zero-order chi connectivity index (χ0) is 15.2. The van der Waals surface area contributed by atoms with Crippen LogP contribution in [0.15, 0.2) is 48.5 Å². The number of methoxy groups -OCH3 is 1. The third-order valence-corrected chi connectivity index (χ3v) is 3.07. The minimum absolute atomic E-state index is 0.0523. The van der Waals surface area contributed by atoms with Crippen molar-refractivity contribution < 1.29 is 14.6 Å². The van der Waals surface area contributed by atoms with Crippen LogP contribution in [0.4, 0.5) is 16.2 Å². The summed E-state index contributed by atoms with van der Waals surface area (Å²) in [7, 11) is 1.32. The fourth-order valence-electron chi connectivity index (χ4n) is 1.95. The maximum absolute atomic E-state index is 11.1. The molecule has 21 heavy (non-hydrogen) atoms. The summed E-state index contributed by atoms with van der Waals surface area (Å²) in [5.41, 5.74) is 2.57. The van der Waals surface area contributed by atoms with Gasteiger partial charge in [0, 0.05) is 17.4 Å². The predicted octanol–water partition coefficient (Wildman–Crippen LogP) is 3.74. The molecule has 5 nitrogen and oxygen atoms in total. The highest BCUT2D eigenvalue weighted by Crippen LogP contribution is 2.23. The van der Waals surface area contributed by atoms with Crippen molar-refractivity contribution in [3.05, 3.63) is 54.1 Å². The van der Waals surface area contributed by atoms with E-state index in [0.717, 1.165) is 11.3 Å². The van der Waals surface area contributed by atoms with E-state index in [0.29, 0.717) is 5.69 Å². The van der Waals surface area contributed by atoms with Crippen molar-refractivity contribution >= 4 is 17.5 Å². The Hall–Kier alpha value is -2.69. The van der Waals surface area contributed by atoms with Gasteiger partial charge in [-0.2, -0.15) is 0 Å². The summed E-state index contributed by atoms with van der Waals surface area (Å²) >= 11 is 0. The van der Waals surface area contributed by atoms with E-state index in [-0.39, 0.29) is 11.8 Å². The summed E-state index contributed by atoms with van der Waals surface area (Å²) in [5, 5.41) is 15.4. The Labute approximate surface area is 123 Å². The lowest BCUT2D eigenvalue weighted by Crippen LogP contribution is -2.11. The average Bonchev–Trinajstić information content (AvgIpc) is 2.49. The number of ether oxygens (including phenoxy) is 1. The lowest BCUT2D eigenvalue weighted by atomic mass is 10.1. The van der Waals surface area contributed by atoms with E-state index in [1.54, 1.807) is 24.3 Å². The van der Waals surface area contributed by atoms with E-state index in [1.807, 2.05) is 31.2 Å². The van der Waals surface area contributed by atoms with E-state index in [2.05, 4.69) is 15.4 Å². The Morgan fingerprint density at radius 1 is 1.14 bits per heavy atom. The lowest BCUT2D eigenvalue weighted by molar-refractivity contribution is 0.187. The highest BCUT2D eigenvalue weighted by atomic mass is 16.5. The van der Waals surface area contributed by atoms with Crippen molar-refractivity contribution in [2.75, 3.05) is 17.7 Å². The van der Waals surface area contributed by atoms with E-state index in [1.165, 1.54) is 7.11 Å². The van der Waals surface area contributed by atoms with Gasteiger partial charge in [0.25, 0.3) is 0 Å². The van der Waals surface area contributed by atoms with E-state index in [4.69, 9.17) is 0 Å². The average molecular weight is 286 g/mol. The smallest absolute Gasteiger partial charge is 0.411 e. The van der Waals surface area contributed by atoms with E-state index >= 15 is 0 Å². The van der Waals surface area contributed by atoms with Gasteiger partial charge in [-0.3, -0.25) is 5.32 Å². The van der Waals surface area contributed by atoms with Crippen molar-refractivity contribution in [2.45, 2.75) is 13.0 Å². The standard InChI is InChI=1S/C16H18N2O3/c1-11(12-4-3-5-15(19)10-12)17-13-6-8-14(9-7-13)18-16(20)21-2/h3-11,17,19H,1-2H3,(H,18,20). The Bertz CT molecular complexity index is 611. The molecule has 0 aromatic heterocycles. The van der Waals surface area contributed by atoms with E-state index < -0.39 is 6.09 Å². The quantitative estimate of drug-likeness (QED) is 0.800. The molecule has 1 unspecified atom stereocenters. The Kier molecular flexibility index (Phi) is 4.66. The molecule has 0 saturated carbocycles. The van der Waals surface area contributed by atoms with Gasteiger partial charge in [0.05, 0.1) is 7.11 Å². The number of nitrogens with one attached hydrogen (secondary N) is 2. The molecule has 3 N–H and O–H groups in total. The number of hydrogen-bond acceptors (Lipinski definition) is 4. The number of phenols is 1. The first-order valence-electron chi connectivity index (χ1n) is 6.59. The first-order chi connectivity index (χ1) is 10.1. The van der Waals surface area contributed by atoms with Crippen LogP contribution in [0.5, 0.6) is 5.75 Å². The van der Waals surface area contributed by atoms with Gasteiger partial charge >= 0.3 is 6.09 Å². The second-order valence-corrected chi connectivity index (χ2v) is 4.65. The van der Waals surface area contributed by atoms with Gasteiger partial charge in [0.2, 0.25) is 0 Å². The molecule has 2 aromatic carbocycles. The number of rotatable bonds is 4. The Balaban J connectivity index is 2.01. The van der Waals surface area contributed by atoms with Crippen molar-refractivity contribution in [1.29, 1.82) is 0 Å². The van der Waals surface area contributed by atoms with Crippen LogP contribution in [0.1, 0.15) is 18.5 Å². The van der Waals surface area contributed by atoms with Gasteiger partial charge in [-0.15, -0.1) is 0 Å². The molecule has 0 spiro atoms. The molecule has 0 radical (unpaired) electrons. The summed E-state index contributed by atoms with van der Waals surface area (Å²) in [4.78, 5) is 11.1. The van der Waals surface area contributed by atoms with Gasteiger partial charge in [-0.1, -0.05) is 12.1 Å². The number of benzene rings is 2. The predicted molar refractivity (Wildman–Crippen MR) is 82.6 cm³/mol. The number of carbonyl (C=O) groups is 1. The van der Waals surface area contributed by atoms with Gasteiger partial charge in [0.15, 0.2) is 0 Å². The number of amides is 1. The molecule has 1 atom stereocenters. The van der Waals surface area contributed by atoms with E-state index in [9.17, 15) is 9.90 Å². The number of phenolic OH excluding ortho intramolecular Hbond substituents is 1. The highest BCUT2D eigenvalue weighted by molar-refractivity contribution is 5.84. The zero-order valence-corrected chi connectivity index (χ0v) is 12.0. The van der Waals surface area contributed by atoms with Crippen LogP contribution >= 0.6 is 0 Å². The molecule has 2 aromatic rings. The second-order valence-electron chi connectivity index (χ2n) is 4.65. The van der Waals surface area contributed by atoms with Crippen molar-refractivity contribution in [3.63, 3.8) is 0 Å². The van der Waals surface area contributed by atoms with Crippen LogP contribution in [0.2, 0.25) is 0 Å². The fraction of sp³-hybridized carbons (Fsp3) is 0.188. The third kappa shape index (κ3) is 4.14. The minimum Gasteiger partial charge on any atom is -0.508 e. The zero-order valence-electron chi connectivity index (χ0n) is 12.0. The maximum Gasteiger partial charge on any atom is 0.411 e. The molecule has 0 bridgehead atoms. The normalized spacial score (nSPS) is 11.5. The van der Waals surface area contributed by atoms with Crippen molar-refractivity contribution in [3.8, 4) is 5.75 Å². The molecule has 0 aliphatic carbocycles. The molecule has 0 heterocycles. The number of aromatic hydroxyl groups is 1. The Morgan fingerprint density at radius 2 is 1.81 bits per heavy atom. The largest absolute Gasteiger partial charge is 0.508 e. The molecular formula is C16H18N2O3. The van der Waals surface area contributed by atoms with Crippen molar-refractivity contribution in [1.82, 2.24) is 0 Å². The lowest BCUT2D eigenvalue weighted by Gasteiger charge is -2.16. The van der Waals surface area contributed by atoms with Gasteiger partial charge in [0.1, 0.15) is 5.75 Å². The SMILES string of the molecule is COC(=O)Nc1ccc(NC(C)c2cccc(O)c2)cc1. The molecular weight excluding hydrogens is 268 g/mol. The van der Waals surface area contributed by atoms with Crippen LogP contribution in [0.3, 0.4) is 0 Å². The molecule has 0 aliphatic rings. The second kappa shape index (κ2) is 6.65. The third-order valence-electron chi connectivity index (χ3n) is 3.07.